The Bertz CT molecular complexity index is 452. The lowest BCUT2D eigenvalue weighted by molar-refractivity contribution is -0.143. The summed E-state index contributed by atoms with van der Waals surface area (Å²) in [6.07, 6.45) is -1.21. The number of hydrogen-bond donors (Lipinski definition) is 2. The first-order chi connectivity index (χ1) is 10.9. The molecule has 1 heterocycles. The Labute approximate surface area is 158 Å². The van der Waals surface area contributed by atoms with Crippen molar-refractivity contribution >= 4 is 29.9 Å². The molecule has 24 heavy (non-hydrogen) atoms. The fourth-order valence-electron chi connectivity index (χ4n) is 2.02. The maximum absolute atomic E-state index is 12.2. The van der Waals surface area contributed by atoms with Gasteiger partial charge in [-0.1, -0.05) is 0 Å². The lowest BCUT2D eigenvalue weighted by Gasteiger charge is -2.18. The van der Waals surface area contributed by atoms with Crippen molar-refractivity contribution < 1.29 is 17.6 Å². The van der Waals surface area contributed by atoms with E-state index in [4.69, 9.17) is 4.42 Å². The molecule has 1 aromatic rings. The molecule has 0 bridgehead atoms. The van der Waals surface area contributed by atoms with Crippen molar-refractivity contribution in [1.82, 2.24) is 15.5 Å². The van der Waals surface area contributed by atoms with Crippen LogP contribution in [0.3, 0.4) is 0 Å². The predicted octanol–water partition coefficient (Wildman–Crippen LogP) is 2.88. The number of nitrogens with zero attached hydrogens (tertiary/aromatic N) is 2. The molecule has 0 amide bonds. The minimum Gasteiger partial charge on any atom is -0.469 e. The summed E-state index contributed by atoms with van der Waals surface area (Å²) in [5.74, 6) is 1.56. The molecule has 9 heteroatoms. The molecule has 5 nitrogen and oxygen atoms in total. The van der Waals surface area contributed by atoms with Crippen molar-refractivity contribution in [2.45, 2.75) is 25.9 Å². The van der Waals surface area contributed by atoms with Gasteiger partial charge in [-0.25, -0.2) is 0 Å². The van der Waals surface area contributed by atoms with E-state index in [9.17, 15) is 13.2 Å². The standard InChI is InChI=1S/C15H25F3N4O.HI/c1-3-19-14(21-9-7-13-6-4-11-23-13)20-8-5-10-22(2)12-15(16,17)18;/h4,6,11H,3,5,7-10,12H2,1-2H3,(H2,19,20,21);1H. The highest BCUT2D eigenvalue weighted by Crippen LogP contribution is 2.15. The molecule has 1 rings (SSSR count). The predicted molar refractivity (Wildman–Crippen MR) is 100.0 cm³/mol. The minimum atomic E-state index is -4.15. The summed E-state index contributed by atoms with van der Waals surface area (Å²) in [5, 5.41) is 6.27. The smallest absolute Gasteiger partial charge is 0.401 e. The van der Waals surface area contributed by atoms with Crippen LogP contribution in [0.5, 0.6) is 0 Å². The van der Waals surface area contributed by atoms with Crippen molar-refractivity contribution in [3.8, 4) is 0 Å². The zero-order valence-electron chi connectivity index (χ0n) is 14.0. The van der Waals surface area contributed by atoms with E-state index in [-0.39, 0.29) is 24.0 Å². The van der Waals surface area contributed by atoms with Gasteiger partial charge in [-0.2, -0.15) is 13.2 Å². The highest BCUT2D eigenvalue weighted by Gasteiger charge is 2.28. The summed E-state index contributed by atoms with van der Waals surface area (Å²) in [6, 6.07) is 3.74. The van der Waals surface area contributed by atoms with Crippen LogP contribution in [0.4, 0.5) is 13.2 Å². The second-order valence-electron chi connectivity index (χ2n) is 5.22. The van der Waals surface area contributed by atoms with Crippen molar-refractivity contribution in [2.24, 2.45) is 4.99 Å². The highest BCUT2D eigenvalue weighted by molar-refractivity contribution is 14.0. The molecule has 0 aliphatic heterocycles. The number of aliphatic imine (C=N–C) groups is 1. The number of alkyl halides is 3. The van der Waals surface area contributed by atoms with Crippen LogP contribution >= 0.6 is 24.0 Å². The third-order valence-corrected chi connectivity index (χ3v) is 3.01. The monoisotopic (exact) mass is 462 g/mol. The molecule has 0 fully saturated rings. The van der Waals surface area contributed by atoms with Crippen LogP contribution in [0.15, 0.2) is 27.8 Å². The molecule has 0 saturated carbocycles. The van der Waals surface area contributed by atoms with E-state index in [0.29, 0.717) is 32.0 Å². The van der Waals surface area contributed by atoms with Crippen LogP contribution in [0.2, 0.25) is 0 Å². The van der Waals surface area contributed by atoms with E-state index in [0.717, 1.165) is 18.7 Å². The number of hydrogen-bond acceptors (Lipinski definition) is 3. The second-order valence-corrected chi connectivity index (χ2v) is 5.22. The van der Waals surface area contributed by atoms with E-state index in [1.807, 2.05) is 19.1 Å². The summed E-state index contributed by atoms with van der Waals surface area (Å²) in [5.41, 5.74) is 0. The van der Waals surface area contributed by atoms with Crippen molar-refractivity contribution in [1.29, 1.82) is 0 Å². The van der Waals surface area contributed by atoms with Gasteiger partial charge in [0.15, 0.2) is 5.96 Å². The maximum atomic E-state index is 12.2. The molecule has 0 unspecified atom stereocenters. The van der Waals surface area contributed by atoms with Gasteiger partial charge in [0.1, 0.15) is 5.76 Å². The number of halogens is 4. The number of furan rings is 1. The number of rotatable bonds is 9. The van der Waals surface area contributed by atoms with Crippen LogP contribution in [0.25, 0.3) is 0 Å². The first kappa shape index (κ1) is 23.0. The zero-order chi connectivity index (χ0) is 17.1. The molecule has 1 aromatic heterocycles. The molecule has 0 saturated heterocycles. The molecular formula is C15H26F3IN4O. The van der Waals surface area contributed by atoms with Crippen LogP contribution in [-0.2, 0) is 6.42 Å². The lowest BCUT2D eigenvalue weighted by Crippen LogP contribution is -2.38. The van der Waals surface area contributed by atoms with Crippen molar-refractivity contribution in [2.75, 3.05) is 39.8 Å². The van der Waals surface area contributed by atoms with E-state index >= 15 is 0 Å². The summed E-state index contributed by atoms with van der Waals surface area (Å²) < 4.78 is 41.9. The van der Waals surface area contributed by atoms with E-state index in [1.165, 1.54) is 11.9 Å². The average Bonchev–Trinajstić information content (AvgIpc) is 2.94. The van der Waals surface area contributed by atoms with Crippen molar-refractivity contribution in [3.05, 3.63) is 24.2 Å². The molecule has 0 atom stereocenters. The Balaban J connectivity index is 0.00000529. The van der Waals surface area contributed by atoms with Crippen LogP contribution in [0, 0.1) is 0 Å². The SMILES string of the molecule is CCNC(=NCCCN(C)CC(F)(F)F)NCCc1ccco1.I. The number of nitrogens with one attached hydrogen (secondary N) is 2. The van der Waals surface area contributed by atoms with Gasteiger partial charge in [-0.05, 0) is 39.1 Å². The normalized spacial score (nSPS) is 12.2. The van der Waals surface area contributed by atoms with Crippen LogP contribution in [0.1, 0.15) is 19.1 Å². The van der Waals surface area contributed by atoms with Gasteiger partial charge >= 0.3 is 6.18 Å². The van der Waals surface area contributed by atoms with Gasteiger partial charge in [0.25, 0.3) is 0 Å². The van der Waals surface area contributed by atoms with Crippen molar-refractivity contribution in [3.63, 3.8) is 0 Å². The Morgan fingerprint density at radius 2 is 2.08 bits per heavy atom. The fourth-order valence-corrected chi connectivity index (χ4v) is 2.02. The molecule has 0 aliphatic carbocycles. The van der Waals surface area contributed by atoms with Gasteiger partial charge in [0, 0.05) is 26.1 Å². The first-order valence-electron chi connectivity index (χ1n) is 7.70. The Morgan fingerprint density at radius 3 is 2.67 bits per heavy atom. The lowest BCUT2D eigenvalue weighted by atomic mass is 10.3. The fraction of sp³-hybridized carbons (Fsp3) is 0.667. The number of guanidine groups is 1. The van der Waals surface area contributed by atoms with Gasteiger partial charge in [0.2, 0.25) is 0 Å². The van der Waals surface area contributed by atoms with Crippen LogP contribution < -0.4 is 10.6 Å². The third-order valence-electron chi connectivity index (χ3n) is 3.01. The summed E-state index contributed by atoms with van der Waals surface area (Å²) in [6.45, 7) is 3.29. The zero-order valence-corrected chi connectivity index (χ0v) is 16.4. The summed E-state index contributed by atoms with van der Waals surface area (Å²) >= 11 is 0. The molecule has 140 valence electrons. The van der Waals surface area contributed by atoms with Gasteiger partial charge in [-0.15, -0.1) is 24.0 Å². The summed E-state index contributed by atoms with van der Waals surface area (Å²) in [7, 11) is 1.46. The third kappa shape index (κ3) is 11.5. The largest absolute Gasteiger partial charge is 0.469 e. The highest BCUT2D eigenvalue weighted by atomic mass is 127. The molecule has 2 N–H and O–H groups in total. The first-order valence-corrected chi connectivity index (χ1v) is 7.70. The molecule has 0 aliphatic rings. The topological polar surface area (TPSA) is 52.8 Å². The quantitative estimate of drug-likeness (QED) is 0.257. The van der Waals surface area contributed by atoms with Gasteiger partial charge in [-0.3, -0.25) is 9.89 Å². The van der Waals surface area contributed by atoms with E-state index in [2.05, 4.69) is 15.6 Å². The Morgan fingerprint density at radius 1 is 1.33 bits per heavy atom. The Hall–Kier alpha value is -0.970. The molecule has 0 spiro atoms. The molecular weight excluding hydrogens is 436 g/mol. The second kappa shape index (κ2) is 12.4. The van der Waals surface area contributed by atoms with E-state index in [1.54, 1.807) is 6.26 Å². The molecule has 0 radical (unpaired) electrons. The molecule has 0 aromatic carbocycles. The van der Waals surface area contributed by atoms with Crippen LogP contribution in [-0.4, -0.2) is 56.8 Å². The summed E-state index contributed by atoms with van der Waals surface area (Å²) in [4.78, 5) is 5.61. The Kier molecular flexibility index (Phi) is 11.9. The maximum Gasteiger partial charge on any atom is 0.401 e. The van der Waals surface area contributed by atoms with Gasteiger partial charge in [0.05, 0.1) is 12.8 Å². The van der Waals surface area contributed by atoms with Gasteiger partial charge < -0.3 is 15.1 Å². The minimum absolute atomic E-state index is 0. The van der Waals surface area contributed by atoms with E-state index < -0.39 is 12.7 Å². The average molecular weight is 462 g/mol.